The van der Waals surface area contributed by atoms with E-state index in [1.165, 1.54) is 7.11 Å². The number of nitrogens with one attached hydrogen (secondary N) is 1. The molecular weight excluding hydrogens is 212 g/mol. The lowest BCUT2D eigenvalue weighted by Gasteiger charge is -2.15. The topological polar surface area (TPSA) is 90.7 Å². The van der Waals surface area contributed by atoms with Crippen molar-refractivity contribution in [1.82, 2.24) is 5.32 Å². The van der Waals surface area contributed by atoms with Crippen LogP contribution in [0.1, 0.15) is 12.8 Å². The average molecular weight is 230 g/mol. The molecule has 1 rings (SSSR count). The predicted octanol–water partition coefficient (Wildman–Crippen LogP) is -0.970. The van der Waals surface area contributed by atoms with Gasteiger partial charge in [-0.2, -0.15) is 0 Å². The van der Waals surface area contributed by atoms with Crippen molar-refractivity contribution in [2.45, 2.75) is 18.9 Å². The Morgan fingerprint density at radius 3 is 2.69 bits per heavy atom. The van der Waals surface area contributed by atoms with Crippen molar-refractivity contribution in [2.75, 3.05) is 26.9 Å². The van der Waals surface area contributed by atoms with E-state index in [-0.39, 0.29) is 18.6 Å². The van der Waals surface area contributed by atoms with Gasteiger partial charge in [0.2, 0.25) is 5.91 Å². The second kappa shape index (κ2) is 6.44. The fraction of sp³-hybridized carbons (Fsp3) is 0.800. The quantitative estimate of drug-likeness (QED) is 0.413. The van der Waals surface area contributed by atoms with Crippen molar-refractivity contribution in [3.63, 3.8) is 0 Å². The Kier molecular flexibility index (Phi) is 5.21. The Balaban J connectivity index is 2.13. The summed E-state index contributed by atoms with van der Waals surface area (Å²) in [6, 6.07) is -0.248. The van der Waals surface area contributed by atoms with Crippen LogP contribution in [0.15, 0.2) is 0 Å². The van der Waals surface area contributed by atoms with Gasteiger partial charge in [0.05, 0.1) is 13.7 Å². The molecule has 0 aromatic carbocycles. The molecule has 1 amide bonds. The van der Waals surface area contributed by atoms with E-state index < -0.39 is 5.91 Å². The Bertz CT molecular complexity index is 253. The zero-order valence-corrected chi connectivity index (χ0v) is 9.40. The summed E-state index contributed by atoms with van der Waals surface area (Å²) in [6.45, 7) is 0.765. The van der Waals surface area contributed by atoms with E-state index in [2.05, 4.69) is 5.32 Å². The first-order valence-electron chi connectivity index (χ1n) is 5.32. The van der Waals surface area contributed by atoms with Gasteiger partial charge < -0.3 is 20.5 Å². The van der Waals surface area contributed by atoms with Gasteiger partial charge in [0.1, 0.15) is 12.6 Å². The monoisotopic (exact) mass is 230 g/mol. The average Bonchev–Trinajstić information content (AvgIpc) is 3.05. The number of nitrogens with two attached hydrogens (primary N) is 1. The summed E-state index contributed by atoms with van der Waals surface area (Å²) in [6.07, 6.45) is 2.10. The van der Waals surface area contributed by atoms with E-state index in [0.717, 1.165) is 12.8 Å². The third kappa shape index (κ3) is 4.59. The molecule has 0 heterocycles. The number of amides is 1. The number of esters is 1. The Hall–Kier alpha value is -1.14. The summed E-state index contributed by atoms with van der Waals surface area (Å²) in [5.41, 5.74) is 4.90. The first-order chi connectivity index (χ1) is 7.65. The first-order valence-corrected chi connectivity index (χ1v) is 5.32. The zero-order chi connectivity index (χ0) is 12.0. The lowest BCUT2D eigenvalue weighted by molar-refractivity contribution is -0.143. The van der Waals surface area contributed by atoms with Crippen LogP contribution >= 0.6 is 0 Å². The van der Waals surface area contributed by atoms with E-state index in [4.69, 9.17) is 15.2 Å². The summed E-state index contributed by atoms with van der Waals surface area (Å²) in [7, 11) is 1.38. The second-order valence-electron chi connectivity index (χ2n) is 3.81. The molecule has 0 saturated heterocycles. The molecule has 1 aliphatic carbocycles. The molecule has 0 bridgehead atoms. The van der Waals surface area contributed by atoms with Crippen LogP contribution in [0.5, 0.6) is 0 Å². The summed E-state index contributed by atoms with van der Waals surface area (Å²) < 4.78 is 9.66. The Morgan fingerprint density at radius 1 is 1.50 bits per heavy atom. The molecule has 0 aliphatic heterocycles. The van der Waals surface area contributed by atoms with Gasteiger partial charge in [0.15, 0.2) is 0 Å². The van der Waals surface area contributed by atoms with Crippen LogP contribution in [0.2, 0.25) is 0 Å². The van der Waals surface area contributed by atoms with E-state index in [9.17, 15) is 9.59 Å². The maximum absolute atomic E-state index is 11.4. The minimum Gasteiger partial charge on any atom is -0.468 e. The molecule has 1 saturated carbocycles. The van der Waals surface area contributed by atoms with Gasteiger partial charge >= 0.3 is 5.97 Å². The number of rotatable bonds is 8. The SMILES string of the molecule is COC(=O)C(NCCOCC(N)=O)C1CC1. The van der Waals surface area contributed by atoms with E-state index in [1.807, 2.05) is 0 Å². The standard InChI is InChI=1S/C10H18N2O4/c1-15-10(14)9(7-2-3-7)12-4-5-16-6-8(11)13/h7,9,12H,2-6H2,1H3,(H2,11,13). The van der Waals surface area contributed by atoms with Crippen LogP contribution in [0, 0.1) is 5.92 Å². The van der Waals surface area contributed by atoms with Gasteiger partial charge in [0, 0.05) is 6.54 Å². The fourth-order valence-electron chi connectivity index (χ4n) is 1.46. The van der Waals surface area contributed by atoms with Crippen LogP contribution in [-0.2, 0) is 19.1 Å². The Labute approximate surface area is 94.5 Å². The van der Waals surface area contributed by atoms with Crippen molar-refractivity contribution in [2.24, 2.45) is 11.7 Å². The summed E-state index contributed by atoms with van der Waals surface area (Å²) in [5, 5.41) is 3.05. The molecule has 6 nitrogen and oxygen atoms in total. The van der Waals surface area contributed by atoms with Gasteiger partial charge in [0.25, 0.3) is 0 Å². The smallest absolute Gasteiger partial charge is 0.323 e. The molecule has 3 N–H and O–H groups in total. The number of carbonyl (C=O) groups excluding carboxylic acids is 2. The number of hydrogen-bond acceptors (Lipinski definition) is 5. The molecular formula is C10H18N2O4. The highest BCUT2D eigenvalue weighted by molar-refractivity contribution is 5.76. The summed E-state index contributed by atoms with van der Waals surface area (Å²) in [4.78, 5) is 21.7. The Morgan fingerprint density at radius 2 is 2.19 bits per heavy atom. The maximum atomic E-state index is 11.4. The molecule has 0 radical (unpaired) electrons. The van der Waals surface area contributed by atoms with Crippen LogP contribution in [-0.4, -0.2) is 44.8 Å². The molecule has 16 heavy (non-hydrogen) atoms. The van der Waals surface area contributed by atoms with Gasteiger partial charge in [-0.05, 0) is 18.8 Å². The van der Waals surface area contributed by atoms with Gasteiger partial charge in [-0.1, -0.05) is 0 Å². The van der Waals surface area contributed by atoms with Crippen molar-refractivity contribution < 1.29 is 19.1 Å². The van der Waals surface area contributed by atoms with E-state index in [1.54, 1.807) is 0 Å². The molecule has 1 aliphatic rings. The highest BCUT2D eigenvalue weighted by atomic mass is 16.5. The molecule has 0 spiro atoms. The van der Waals surface area contributed by atoms with Crippen LogP contribution in [0.4, 0.5) is 0 Å². The van der Waals surface area contributed by atoms with Crippen molar-refractivity contribution in [3.05, 3.63) is 0 Å². The highest BCUT2D eigenvalue weighted by Gasteiger charge is 2.36. The van der Waals surface area contributed by atoms with Crippen LogP contribution in [0.3, 0.4) is 0 Å². The molecule has 6 heteroatoms. The number of methoxy groups -OCH3 is 1. The number of carbonyl (C=O) groups is 2. The molecule has 1 fully saturated rings. The molecule has 0 aromatic heterocycles. The van der Waals surface area contributed by atoms with E-state index in [0.29, 0.717) is 19.1 Å². The van der Waals surface area contributed by atoms with E-state index >= 15 is 0 Å². The lowest BCUT2D eigenvalue weighted by atomic mass is 10.2. The zero-order valence-electron chi connectivity index (χ0n) is 9.40. The molecule has 1 atom stereocenters. The minimum absolute atomic E-state index is 0.0893. The second-order valence-corrected chi connectivity index (χ2v) is 3.81. The predicted molar refractivity (Wildman–Crippen MR) is 56.5 cm³/mol. The molecule has 92 valence electrons. The third-order valence-electron chi connectivity index (χ3n) is 2.40. The van der Waals surface area contributed by atoms with Gasteiger partial charge in [-0.25, -0.2) is 0 Å². The first kappa shape index (κ1) is 12.9. The number of ether oxygens (including phenoxy) is 2. The molecule has 0 aromatic rings. The van der Waals surface area contributed by atoms with Crippen molar-refractivity contribution in [1.29, 1.82) is 0 Å². The maximum Gasteiger partial charge on any atom is 0.323 e. The highest BCUT2D eigenvalue weighted by Crippen LogP contribution is 2.32. The minimum atomic E-state index is -0.494. The lowest BCUT2D eigenvalue weighted by Crippen LogP contribution is -2.41. The van der Waals surface area contributed by atoms with Crippen LogP contribution < -0.4 is 11.1 Å². The normalized spacial score (nSPS) is 16.8. The largest absolute Gasteiger partial charge is 0.468 e. The third-order valence-corrected chi connectivity index (χ3v) is 2.40. The van der Waals surface area contributed by atoms with Gasteiger partial charge in [-0.15, -0.1) is 0 Å². The summed E-state index contributed by atoms with van der Waals surface area (Å²) in [5.74, 6) is -0.354. The van der Waals surface area contributed by atoms with Crippen LogP contribution in [0.25, 0.3) is 0 Å². The number of hydrogen-bond donors (Lipinski definition) is 2. The fourth-order valence-corrected chi connectivity index (χ4v) is 1.46. The van der Waals surface area contributed by atoms with Crippen molar-refractivity contribution in [3.8, 4) is 0 Å². The number of primary amides is 1. The van der Waals surface area contributed by atoms with Crippen molar-refractivity contribution >= 4 is 11.9 Å². The molecule has 1 unspecified atom stereocenters. The van der Waals surface area contributed by atoms with Gasteiger partial charge in [-0.3, -0.25) is 9.59 Å². The summed E-state index contributed by atoms with van der Waals surface area (Å²) >= 11 is 0.